The molecule has 8 nitrogen and oxygen atoms in total. The monoisotopic (exact) mass is 352 g/mol. The van der Waals surface area contributed by atoms with Gasteiger partial charge in [-0.25, -0.2) is 9.97 Å². The Balaban J connectivity index is 1.43. The van der Waals surface area contributed by atoms with Crippen LogP contribution in [-0.2, 0) is 11.2 Å². The number of nitrogens with one attached hydrogen (secondary N) is 1. The van der Waals surface area contributed by atoms with E-state index in [0.29, 0.717) is 17.1 Å². The zero-order valence-electron chi connectivity index (χ0n) is 14.6. The fourth-order valence-electron chi connectivity index (χ4n) is 3.03. The zero-order valence-corrected chi connectivity index (χ0v) is 14.6. The zero-order chi connectivity index (χ0) is 17.9. The number of para-hydroxylation sites is 1. The molecule has 1 fully saturated rings. The van der Waals surface area contributed by atoms with Crippen LogP contribution in [0.25, 0.3) is 11.0 Å². The Labute approximate surface area is 150 Å². The van der Waals surface area contributed by atoms with Crippen LogP contribution >= 0.6 is 0 Å². The first-order valence-corrected chi connectivity index (χ1v) is 8.58. The first-order valence-electron chi connectivity index (χ1n) is 8.58. The van der Waals surface area contributed by atoms with Crippen molar-refractivity contribution in [2.45, 2.75) is 6.42 Å². The van der Waals surface area contributed by atoms with Gasteiger partial charge in [-0.3, -0.25) is 4.79 Å². The Kier molecular flexibility index (Phi) is 4.49. The number of nitrogens with zero attached hydrogens (tertiary/aromatic N) is 5. The average molecular weight is 352 g/mol. The topological polar surface area (TPSA) is 87.4 Å². The van der Waals surface area contributed by atoms with Gasteiger partial charge >= 0.3 is 0 Å². The Hall–Kier alpha value is -3.00. The van der Waals surface area contributed by atoms with Crippen molar-refractivity contribution in [3.63, 3.8) is 0 Å². The summed E-state index contributed by atoms with van der Waals surface area (Å²) in [6.07, 6.45) is 1.61. The van der Waals surface area contributed by atoms with Crippen LogP contribution < -0.4 is 10.2 Å². The quantitative estimate of drug-likeness (QED) is 0.762. The van der Waals surface area contributed by atoms with Crippen molar-refractivity contribution in [2.24, 2.45) is 0 Å². The molecule has 0 saturated carbocycles. The molecule has 1 aliphatic heterocycles. The van der Waals surface area contributed by atoms with Crippen molar-refractivity contribution in [1.82, 2.24) is 20.0 Å². The summed E-state index contributed by atoms with van der Waals surface area (Å²) in [6.45, 7) is 3.80. The number of fused-ring (bicyclic) bond motifs is 1. The van der Waals surface area contributed by atoms with E-state index in [2.05, 4.69) is 37.3 Å². The lowest BCUT2D eigenvalue weighted by Gasteiger charge is -2.33. The highest BCUT2D eigenvalue weighted by molar-refractivity contribution is 5.94. The minimum atomic E-state index is -0.188. The second-order valence-corrected chi connectivity index (χ2v) is 6.40. The third-order valence-electron chi connectivity index (χ3n) is 4.53. The fraction of sp³-hybridized carbons (Fsp3) is 0.333. The maximum atomic E-state index is 12.4. The summed E-state index contributed by atoms with van der Waals surface area (Å²) in [4.78, 5) is 25.3. The number of anilines is 2. The molecule has 26 heavy (non-hydrogen) atoms. The molecule has 1 aromatic carbocycles. The molecule has 134 valence electrons. The molecule has 4 rings (SSSR count). The number of hydrogen-bond donors (Lipinski definition) is 1. The second kappa shape index (κ2) is 7.09. The molecular formula is C18H20N6O2. The Bertz CT molecular complexity index is 917. The van der Waals surface area contributed by atoms with Crippen molar-refractivity contribution >= 4 is 28.5 Å². The van der Waals surface area contributed by atoms with Gasteiger partial charge in [-0.05, 0) is 19.2 Å². The lowest BCUT2D eigenvalue weighted by atomic mass is 10.1. The highest BCUT2D eigenvalue weighted by Gasteiger charge is 2.17. The van der Waals surface area contributed by atoms with Gasteiger partial charge in [0.2, 0.25) is 5.91 Å². The minimum Gasteiger partial charge on any atom is -0.356 e. The predicted octanol–water partition coefficient (Wildman–Crippen LogP) is 1.55. The van der Waals surface area contributed by atoms with E-state index in [-0.39, 0.29) is 12.3 Å². The molecular weight excluding hydrogens is 332 g/mol. The molecule has 8 heteroatoms. The lowest BCUT2D eigenvalue weighted by Crippen LogP contribution is -2.44. The molecule has 1 N–H and O–H groups in total. The molecule has 2 aromatic heterocycles. The van der Waals surface area contributed by atoms with Gasteiger partial charge in [0.25, 0.3) is 0 Å². The van der Waals surface area contributed by atoms with Crippen LogP contribution in [0.4, 0.5) is 11.6 Å². The van der Waals surface area contributed by atoms with Gasteiger partial charge in [0, 0.05) is 37.6 Å². The van der Waals surface area contributed by atoms with Crippen LogP contribution in [0.5, 0.6) is 0 Å². The number of rotatable bonds is 4. The first-order chi connectivity index (χ1) is 12.7. The minimum absolute atomic E-state index is 0.130. The van der Waals surface area contributed by atoms with E-state index in [4.69, 9.17) is 4.52 Å². The van der Waals surface area contributed by atoms with Crippen molar-refractivity contribution in [3.8, 4) is 0 Å². The second-order valence-electron chi connectivity index (χ2n) is 6.40. The van der Waals surface area contributed by atoms with E-state index >= 15 is 0 Å². The van der Waals surface area contributed by atoms with Crippen LogP contribution in [-0.4, -0.2) is 59.2 Å². The van der Waals surface area contributed by atoms with Crippen LogP contribution in [0, 0.1) is 0 Å². The van der Waals surface area contributed by atoms with Gasteiger partial charge in [0.05, 0.1) is 6.42 Å². The SMILES string of the molecule is CN1CCN(c2cc(NC(=O)Cc3noc4ccccc34)ncn2)CC1. The number of piperazine rings is 1. The number of amides is 1. The summed E-state index contributed by atoms with van der Waals surface area (Å²) in [5, 5.41) is 7.67. The van der Waals surface area contributed by atoms with Gasteiger partial charge in [-0.2, -0.15) is 0 Å². The molecule has 0 atom stereocenters. The maximum absolute atomic E-state index is 12.4. The molecule has 0 radical (unpaired) electrons. The summed E-state index contributed by atoms with van der Waals surface area (Å²) in [6, 6.07) is 9.30. The summed E-state index contributed by atoms with van der Waals surface area (Å²) in [5.74, 6) is 1.13. The van der Waals surface area contributed by atoms with Gasteiger partial charge in [0.1, 0.15) is 23.7 Å². The predicted molar refractivity (Wildman–Crippen MR) is 98.1 cm³/mol. The summed E-state index contributed by atoms with van der Waals surface area (Å²) < 4.78 is 5.24. The van der Waals surface area contributed by atoms with Crippen LogP contribution in [0.3, 0.4) is 0 Å². The van der Waals surface area contributed by atoms with Gasteiger partial charge < -0.3 is 19.6 Å². The van der Waals surface area contributed by atoms with E-state index < -0.39 is 0 Å². The van der Waals surface area contributed by atoms with E-state index in [0.717, 1.165) is 37.4 Å². The lowest BCUT2D eigenvalue weighted by molar-refractivity contribution is -0.115. The summed E-state index contributed by atoms with van der Waals surface area (Å²) >= 11 is 0. The van der Waals surface area contributed by atoms with E-state index in [1.165, 1.54) is 6.33 Å². The standard InChI is InChI=1S/C18H20N6O2/c1-23-6-8-24(9-7-23)17-11-16(19-12-20-17)21-18(25)10-14-13-4-2-3-5-15(13)26-22-14/h2-5,11-12H,6-10H2,1H3,(H,19,20,21,25). The number of hydrogen-bond acceptors (Lipinski definition) is 7. The molecule has 0 bridgehead atoms. The van der Waals surface area contributed by atoms with Crippen molar-refractivity contribution in [3.05, 3.63) is 42.4 Å². The highest BCUT2D eigenvalue weighted by Crippen LogP contribution is 2.19. The van der Waals surface area contributed by atoms with Crippen molar-refractivity contribution < 1.29 is 9.32 Å². The largest absolute Gasteiger partial charge is 0.356 e. The maximum Gasteiger partial charge on any atom is 0.231 e. The molecule has 3 aromatic rings. The number of carbonyl (C=O) groups is 1. The molecule has 0 aliphatic carbocycles. The van der Waals surface area contributed by atoms with Crippen molar-refractivity contribution in [2.75, 3.05) is 43.4 Å². The number of aromatic nitrogens is 3. The molecule has 0 unspecified atom stereocenters. The molecule has 3 heterocycles. The molecule has 1 aliphatic rings. The van der Waals surface area contributed by atoms with Gasteiger partial charge in [0.15, 0.2) is 5.58 Å². The van der Waals surface area contributed by atoms with Crippen molar-refractivity contribution in [1.29, 1.82) is 0 Å². The number of benzene rings is 1. The molecule has 1 amide bonds. The molecule has 0 spiro atoms. The smallest absolute Gasteiger partial charge is 0.231 e. The third kappa shape index (κ3) is 3.50. The average Bonchev–Trinajstić information content (AvgIpc) is 3.05. The third-order valence-corrected chi connectivity index (χ3v) is 4.53. The van der Waals surface area contributed by atoms with Gasteiger partial charge in [-0.1, -0.05) is 17.3 Å². The highest BCUT2D eigenvalue weighted by atomic mass is 16.5. The Morgan fingerprint density at radius 3 is 2.85 bits per heavy atom. The van der Waals surface area contributed by atoms with E-state index in [9.17, 15) is 4.79 Å². The fourth-order valence-corrected chi connectivity index (χ4v) is 3.03. The van der Waals surface area contributed by atoms with Crippen LogP contribution in [0.1, 0.15) is 5.69 Å². The van der Waals surface area contributed by atoms with Crippen LogP contribution in [0.15, 0.2) is 41.2 Å². The number of carbonyl (C=O) groups excluding carboxylic acids is 1. The Morgan fingerprint density at radius 2 is 2.00 bits per heavy atom. The van der Waals surface area contributed by atoms with Gasteiger partial charge in [-0.15, -0.1) is 0 Å². The van der Waals surface area contributed by atoms with Crippen LogP contribution in [0.2, 0.25) is 0 Å². The Morgan fingerprint density at radius 1 is 1.19 bits per heavy atom. The normalized spacial score (nSPS) is 15.3. The first kappa shape index (κ1) is 16.5. The van der Waals surface area contributed by atoms with E-state index in [1.54, 1.807) is 0 Å². The number of likely N-dealkylation sites (N-methyl/N-ethyl adjacent to an activating group) is 1. The summed E-state index contributed by atoms with van der Waals surface area (Å²) in [5.41, 5.74) is 1.29. The van der Waals surface area contributed by atoms with E-state index in [1.807, 2.05) is 30.3 Å². The summed E-state index contributed by atoms with van der Waals surface area (Å²) in [7, 11) is 2.11. The molecule has 1 saturated heterocycles.